The predicted octanol–water partition coefficient (Wildman–Crippen LogP) is 3.99. The van der Waals surface area contributed by atoms with Crippen LogP contribution in [0, 0.1) is 6.92 Å². The van der Waals surface area contributed by atoms with Crippen LogP contribution in [0.3, 0.4) is 0 Å². The number of carbonyl (C=O) groups is 1. The van der Waals surface area contributed by atoms with Crippen molar-refractivity contribution >= 4 is 5.97 Å². The van der Waals surface area contributed by atoms with Crippen LogP contribution in [-0.2, 0) is 4.79 Å². The molecule has 2 saturated carbocycles. The second-order valence-electron chi connectivity index (χ2n) is 6.39. The fourth-order valence-electron chi connectivity index (χ4n) is 3.11. The lowest BCUT2D eigenvalue weighted by Gasteiger charge is -2.27. The highest BCUT2D eigenvalue weighted by Crippen LogP contribution is 2.45. The van der Waals surface area contributed by atoms with Crippen molar-refractivity contribution in [3.05, 3.63) is 29.3 Å². The van der Waals surface area contributed by atoms with Crippen molar-refractivity contribution in [2.75, 3.05) is 0 Å². The van der Waals surface area contributed by atoms with Crippen LogP contribution < -0.4 is 4.74 Å². The minimum absolute atomic E-state index is 0.275. The molecule has 0 radical (unpaired) electrons. The van der Waals surface area contributed by atoms with Crippen molar-refractivity contribution in [2.24, 2.45) is 0 Å². The van der Waals surface area contributed by atoms with E-state index in [1.807, 2.05) is 25.1 Å². The Kier molecular flexibility index (Phi) is 3.64. The first kappa shape index (κ1) is 14.4. The number of alkyl halides is 1. The summed E-state index contributed by atoms with van der Waals surface area (Å²) in [5, 5.41) is 9.30. The summed E-state index contributed by atoms with van der Waals surface area (Å²) in [6.07, 6.45) is 3.22. The summed E-state index contributed by atoms with van der Waals surface area (Å²) in [5.74, 6) is 0.0665. The Bertz CT molecular complexity index is 543. The molecule has 2 aliphatic rings. The van der Waals surface area contributed by atoms with Gasteiger partial charge in [-0.2, -0.15) is 0 Å². The van der Waals surface area contributed by atoms with Gasteiger partial charge in [0.1, 0.15) is 11.9 Å². The third-order valence-electron chi connectivity index (χ3n) is 4.66. The van der Waals surface area contributed by atoms with Gasteiger partial charge >= 0.3 is 5.97 Å². The molecule has 3 nitrogen and oxygen atoms in total. The van der Waals surface area contributed by atoms with Crippen molar-refractivity contribution in [3.63, 3.8) is 0 Å². The normalized spacial score (nSPS) is 27.1. The van der Waals surface area contributed by atoms with Gasteiger partial charge in [-0.1, -0.05) is 12.1 Å². The van der Waals surface area contributed by atoms with E-state index >= 15 is 0 Å². The van der Waals surface area contributed by atoms with Crippen LogP contribution >= 0.6 is 0 Å². The molecule has 2 fully saturated rings. The molecule has 4 heteroatoms. The van der Waals surface area contributed by atoms with E-state index < -0.39 is 17.7 Å². The molecular weight excluding hydrogens is 271 g/mol. The van der Waals surface area contributed by atoms with E-state index in [9.17, 15) is 14.3 Å². The zero-order valence-electron chi connectivity index (χ0n) is 12.3. The molecule has 114 valence electrons. The molecule has 1 aromatic carbocycles. The number of halogens is 1. The van der Waals surface area contributed by atoms with E-state index in [1.165, 1.54) is 0 Å². The van der Waals surface area contributed by atoms with Gasteiger partial charge in [0.05, 0.1) is 0 Å². The Morgan fingerprint density at radius 3 is 2.52 bits per heavy atom. The third kappa shape index (κ3) is 2.89. The lowest BCUT2D eigenvalue weighted by Crippen LogP contribution is -2.29. The number of carboxylic acids is 1. The van der Waals surface area contributed by atoms with Crippen molar-refractivity contribution in [1.82, 2.24) is 0 Å². The number of carboxylic acid groups (broad SMARTS) is 1. The quantitative estimate of drug-likeness (QED) is 0.912. The van der Waals surface area contributed by atoms with Crippen LogP contribution in [0.15, 0.2) is 18.2 Å². The van der Waals surface area contributed by atoms with Crippen LogP contribution in [0.2, 0.25) is 0 Å². The monoisotopic (exact) mass is 292 g/mol. The van der Waals surface area contributed by atoms with E-state index in [0.717, 1.165) is 24.0 Å². The molecule has 0 atom stereocenters. The second kappa shape index (κ2) is 5.32. The fraction of sp³-hybridized carbons (Fsp3) is 0.588. The molecule has 0 spiro atoms. The third-order valence-corrected chi connectivity index (χ3v) is 4.66. The number of benzene rings is 1. The van der Waals surface area contributed by atoms with Gasteiger partial charge in [0.25, 0.3) is 0 Å². The van der Waals surface area contributed by atoms with E-state index in [4.69, 9.17) is 4.74 Å². The van der Waals surface area contributed by atoms with E-state index in [0.29, 0.717) is 31.4 Å². The lowest BCUT2D eigenvalue weighted by atomic mass is 9.82. The Morgan fingerprint density at radius 1 is 1.29 bits per heavy atom. The minimum atomic E-state index is -1.03. The fourth-order valence-corrected chi connectivity index (χ4v) is 3.11. The average molecular weight is 292 g/mol. The highest BCUT2D eigenvalue weighted by molar-refractivity contribution is 5.81. The standard InChI is InChI=1S/C17H21FO3/c1-11-2-7-14(12-3-5-13(18)6-4-12)15(10-11)21-17(8-9-17)16(19)20/h2,7,10,12-13H,3-6,8-9H2,1H3,(H,19,20)/t12-,13+. The smallest absolute Gasteiger partial charge is 0.348 e. The molecule has 1 N–H and O–H groups in total. The molecule has 1 aromatic rings. The first-order valence-corrected chi connectivity index (χ1v) is 7.67. The van der Waals surface area contributed by atoms with Gasteiger partial charge in [-0.3, -0.25) is 0 Å². The molecule has 0 aromatic heterocycles. The maximum Gasteiger partial charge on any atom is 0.348 e. The Balaban J connectivity index is 1.85. The van der Waals surface area contributed by atoms with E-state index in [2.05, 4.69) is 0 Å². The number of hydrogen-bond acceptors (Lipinski definition) is 2. The molecule has 3 rings (SSSR count). The number of aryl methyl sites for hydroxylation is 1. The van der Waals surface area contributed by atoms with Crippen LogP contribution in [0.5, 0.6) is 5.75 Å². The summed E-state index contributed by atoms with van der Waals surface area (Å²) < 4.78 is 19.2. The topological polar surface area (TPSA) is 46.5 Å². The predicted molar refractivity (Wildman–Crippen MR) is 77.5 cm³/mol. The summed E-state index contributed by atoms with van der Waals surface area (Å²) in [6, 6.07) is 5.95. The molecule has 0 heterocycles. The Hall–Kier alpha value is -1.58. The van der Waals surface area contributed by atoms with Crippen molar-refractivity contribution in [1.29, 1.82) is 0 Å². The Morgan fingerprint density at radius 2 is 1.95 bits per heavy atom. The second-order valence-corrected chi connectivity index (χ2v) is 6.39. The molecule has 0 bridgehead atoms. The van der Waals surface area contributed by atoms with Crippen molar-refractivity contribution in [3.8, 4) is 5.75 Å². The first-order chi connectivity index (χ1) is 10.00. The van der Waals surface area contributed by atoms with Gasteiger partial charge < -0.3 is 9.84 Å². The molecule has 2 aliphatic carbocycles. The van der Waals surface area contributed by atoms with Gasteiger partial charge in [0.2, 0.25) is 5.60 Å². The zero-order chi connectivity index (χ0) is 15.0. The van der Waals surface area contributed by atoms with Crippen molar-refractivity contribution in [2.45, 2.75) is 63.1 Å². The molecule has 0 unspecified atom stereocenters. The van der Waals surface area contributed by atoms with Gasteiger partial charge in [-0.25, -0.2) is 9.18 Å². The molecule has 0 saturated heterocycles. The molecule has 0 aliphatic heterocycles. The lowest BCUT2D eigenvalue weighted by molar-refractivity contribution is -0.147. The van der Waals surface area contributed by atoms with Crippen LogP contribution in [0.1, 0.15) is 55.6 Å². The summed E-state index contributed by atoms with van der Waals surface area (Å²) in [7, 11) is 0. The summed E-state index contributed by atoms with van der Waals surface area (Å²) >= 11 is 0. The minimum Gasteiger partial charge on any atom is -0.478 e. The maximum atomic E-state index is 13.3. The van der Waals surface area contributed by atoms with Gasteiger partial charge in [0, 0.05) is 12.8 Å². The summed E-state index contributed by atoms with van der Waals surface area (Å²) in [5.41, 5.74) is 1.06. The zero-order valence-corrected chi connectivity index (χ0v) is 12.3. The molecule has 21 heavy (non-hydrogen) atoms. The van der Waals surface area contributed by atoms with Crippen molar-refractivity contribution < 1.29 is 19.0 Å². The highest BCUT2D eigenvalue weighted by atomic mass is 19.1. The number of aliphatic carboxylic acids is 1. The van der Waals surface area contributed by atoms with Gasteiger partial charge in [0.15, 0.2) is 0 Å². The van der Waals surface area contributed by atoms with E-state index in [1.54, 1.807) is 0 Å². The van der Waals surface area contributed by atoms with Gasteiger partial charge in [-0.05, 0) is 55.7 Å². The molecule has 0 amide bonds. The number of ether oxygens (including phenoxy) is 1. The SMILES string of the molecule is Cc1ccc([C@H]2CC[C@@H](F)CC2)c(OC2(C(=O)O)CC2)c1. The molecular formula is C17H21FO3. The van der Waals surface area contributed by atoms with Crippen LogP contribution in [0.25, 0.3) is 0 Å². The number of hydrogen-bond donors (Lipinski definition) is 1. The summed E-state index contributed by atoms with van der Waals surface area (Å²) in [4.78, 5) is 11.3. The largest absolute Gasteiger partial charge is 0.478 e. The Labute approximate surface area is 124 Å². The van der Waals surface area contributed by atoms with Crippen LogP contribution in [0.4, 0.5) is 4.39 Å². The first-order valence-electron chi connectivity index (χ1n) is 7.67. The average Bonchev–Trinajstić information content (AvgIpc) is 3.21. The van der Waals surface area contributed by atoms with Gasteiger partial charge in [-0.15, -0.1) is 0 Å². The van der Waals surface area contributed by atoms with E-state index in [-0.39, 0.29) is 5.92 Å². The highest BCUT2D eigenvalue weighted by Gasteiger charge is 2.53. The number of rotatable bonds is 4. The summed E-state index contributed by atoms with van der Waals surface area (Å²) in [6.45, 7) is 1.97. The van der Waals surface area contributed by atoms with Crippen LogP contribution in [-0.4, -0.2) is 22.8 Å². The maximum absolute atomic E-state index is 13.3.